The topological polar surface area (TPSA) is 55.4 Å². The van der Waals surface area contributed by atoms with Crippen molar-refractivity contribution in [3.05, 3.63) is 0 Å². The number of nitrogens with two attached hydrogens (primary N) is 1. The van der Waals surface area contributed by atoms with E-state index in [1.165, 1.54) is 0 Å². The van der Waals surface area contributed by atoms with Crippen LogP contribution in [-0.4, -0.2) is 28.1 Å². The van der Waals surface area contributed by atoms with Crippen molar-refractivity contribution >= 4 is 16.6 Å². The molecule has 0 saturated heterocycles. The molecule has 0 amide bonds. The minimum atomic E-state index is -0.739. The van der Waals surface area contributed by atoms with Gasteiger partial charge in [-0.3, -0.25) is 9.20 Å². The molecule has 0 heterocycles. The molecule has 3 nitrogen and oxygen atoms in total. The summed E-state index contributed by atoms with van der Waals surface area (Å²) in [6.07, 6.45) is 4.48. The molecule has 0 aromatic carbocycles. The van der Waals surface area contributed by atoms with Gasteiger partial charge in [0.1, 0.15) is 0 Å². The molecule has 0 aliphatic heterocycles. The maximum atomic E-state index is 11.0. The van der Waals surface area contributed by atoms with Crippen molar-refractivity contribution in [3.8, 4) is 0 Å². The standard InChI is InChI=1S/C9H20N2OS/c1-4-5-9(10)11-7-6-8(2)13(3)12/h8H,4-7H2,1-3H3,(H2,10,11). The lowest BCUT2D eigenvalue weighted by molar-refractivity contribution is 0.670. The Bertz CT molecular complexity index is 192. The van der Waals surface area contributed by atoms with Crippen LogP contribution in [-0.2, 0) is 10.8 Å². The fourth-order valence-electron chi connectivity index (χ4n) is 0.891. The number of hydrogen-bond donors (Lipinski definition) is 1. The van der Waals surface area contributed by atoms with E-state index in [2.05, 4.69) is 11.9 Å². The fraction of sp³-hybridized carbons (Fsp3) is 0.889. The second-order valence-corrected chi connectivity index (χ2v) is 5.02. The molecular weight excluding hydrogens is 184 g/mol. The second-order valence-electron chi connectivity index (χ2n) is 3.22. The summed E-state index contributed by atoms with van der Waals surface area (Å²) in [6, 6.07) is 0. The van der Waals surface area contributed by atoms with Gasteiger partial charge in [-0.2, -0.15) is 0 Å². The van der Waals surface area contributed by atoms with Crippen molar-refractivity contribution in [1.82, 2.24) is 0 Å². The quantitative estimate of drug-likeness (QED) is 0.524. The molecule has 0 radical (unpaired) electrons. The first-order valence-corrected chi connectivity index (χ1v) is 6.31. The van der Waals surface area contributed by atoms with Gasteiger partial charge in [0, 0.05) is 35.3 Å². The largest absolute Gasteiger partial charge is 0.387 e. The van der Waals surface area contributed by atoms with E-state index in [0.717, 1.165) is 25.1 Å². The first-order valence-electron chi connectivity index (χ1n) is 4.69. The predicted molar refractivity (Wildman–Crippen MR) is 59.5 cm³/mol. The molecule has 0 saturated carbocycles. The lowest BCUT2D eigenvalue weighted by Crippen LogP contribution is -2.14. The summed E-state index contributed by atoms with van der Waals surface area (Å²) in [6.45, 7) is 4.75. The van der Waals surface area contributed by atoms with E-state index in [-0.39, 0.29) is 5.25 Å². The highest BCUT2D eigenvalue weighted by molar-refractivity contribution is 7.84. The highest BCUT2D eigenvalue weighted by Crippen LogP contribution is 1.99. The van der Waals surface area contributed by atoms with Crippen LogP contribution < -0.4 is 5.73 Å². The number of nitrogens with zero attached hydrogens (tertiary/aromatic N) is 1. The molecule has 0 aromatic heterocycles. The van der Waals surface area contributed by atoms with Crippen molar-refractivity contribution in [3.63, 3.8) is 0 Å². The van der Waals surface area contributed by atoms with E-state index in [4.69, 9.17) is 5.73 Å². The minimum Gasteiger partial charge on any atom is -0.387 e. The maximum Gasteiger partial charge on any atom is 0.0936 e. The highest BCUT2D eigenvalue weighted by atomic mass is 32.2. The van der Waals surface area contributed by atoms with Crippen LogP contribution in [0.3, 0.4) is 0 Å². The first-order chi connectivity index (χ1) is 6.07. The van der Waals surface area contributed by atoms with Crippen LogP contribution in [0.2, 0.25) is 0 Å². The van der Waals surface area contributed by atoms with Crippen LogP contribution in [0, 0.1) is 0 Å². The molecule has 0 bridgehead atoms. The molecule has 0 rings (SSSR count). The summed E-state index contributed by atoms with van der Waals surface area (Å²) in [5.41, 5.74) is 5.62. The maximum absolute atomic E-state index is 11.0. The number of rotatable bonds is 6. The average molecular weight is 204 g/mol. The van der Waals surface area contributed by atoms with E-state index >= 15 is 0 Å². The van der Waals surface area contributed by atoms with Gasteiger partial charge in [0.25, 0.3) is 0 Å². The Morgan fingerprint density at radius 1 is 1.62 bits per heavy atom. The predicted octanol–water partition coefficient (Wildman–Crippen LogP) is 1.30. The third-order valence-corrected chi connectivity index (χ3v) is 3.29. The third kappa shape index (κ3) is 6.75. The van der Waals surface area contributed by atoms with Gasteiger partial charge < -0.3 is 5.73 Å². The minimum absolute atomic E-state index is 0.221. The fourth-order valence-corrected chi connectivity index (χ4v) is 1.33. The van der Waals surface area contributed by atoms with Gasteiger partial charge >= 0.3 is 0 Å². The molecule has 2 N–H and O–H groups in total. The number of amidine groups is 1. The van der Waals surface area contributed by atoms with Gasteiger partial charge in [0.2, 0.25) is 0 Å². The molecule has 0 aromatic rings. The van der Waals surface area contributed by atoms with Gasteiger partial charge in [-0.05, 0) is 12.8 Å². The SMILES string of the molecule is CCCC(N)=NCCC(C)S(C)=O. The lowest BCUT2D eigenvalue weighted by atomic mass is 10.3. The summed E-state index contributed by atoms with van der Waals surface area (Å²) >= 11 is 0. The monoisotopic (exact) mass is 204 g/mol. The average Bonchev–Trinajstić information content (AvgIpc) is 2.04. The Labute approximate surface area is 83.3 Å². The molecule has 0 aliphatic carbocycles. The zero-order chi connectivity index (χ0) is 10.3. The Hall–Kier alpha value is -0.380. The van der Waals surface area contributed by atoms with Crippen molar-refractivity contribution in [1.29, 1.82) is 0 Å². The van der Waals surface area contributed by atoms with Gasteiger partial charge in [-0.15, -0.1) is 0 Å². The highest BCUT2D eigenvalue weighted by Gasteiger charge is 2.04. The molecule has 0 aliphatic rings. The Kier molecular flexibility index (Phi) is 6.86. The van der Waals surface area contributed by atoms with E-state index in [1.54, 1.807) is 6.26 Å². The molecule has 0 spiro atoms. The summed E-state index contributed by atoms with van der Waals surface area (Å²) < 4.78 is 11.0. The van der Waals surface area contributed by atoms with Crippen LogP contribution in [0.25, 0.3) is 0 Å². The summed E-state index contributed by atoms with van der Waals surface area (Å²) in [5.74, 6) is 0.719. The van der Waals surface area contributed by atoms with Crippen molar-refractivity contribution in [2.75, 3.05) is 12.8 Å². The Morgan fingerprint density at radius 2 is 2.23 bits per heavy atom. The van der Waals surface area contributed by atoms with Crippen LogP contribution >= 0.6 is 0 Å². The normalized spacial score (nSPS) is 17.0. The molecule has 2 atom stereocenters. The van der Waals surface area contributed by atoms with Crippen LogP contribution in [0.5, 0.6) is 0 Å². The van der Waals surface area contributed by atoms with Gasteiger partial charge in [-0.1, -0.05) is 13.8 Å². The van der Waals surface area contributed by atoms with E-state index in [0.29, 0.717) is 6.54 Å². The molecule has 4 heteroatoms. The third-order valence-electron chi connectivity index (χ3n) is 1.92. The number of aliphatic imine (C=N–C) groups is 1. The van der Waals surface area contributed by atoms with Crippen molar-refractivity contribution in [2.45, 2.75) is 38.4 Å². The van der Waals surface area contributed by atoms with Crippen LogP contribution in [0.15, 0.2) is 4.99 Å². The zero-order valence-electron chi connectivity index (χ0n) is 8.75. The summed E-state index contributed by atoms with van der Waals surface area (Å²) in [5, 5.41) is 0.221. The van der Waals surface area contributed by atoms with Gasteiger partial charge in [-0.25, -0.2) is 0 Å². The van der Waals surface area contributed by atoms with Gasteiger partial charge in [0.15, 0.2) is 0 Å². The van der Waals surface area contributed by atoms with E-state index < -0.39 is 10.8 Å². The van der Waals surface area contributed by atoms with Gasteiger partial charge in [0.05, 0.1) is 5.84 Å². The Balaban J connectivity index is 3.65. The van der Waals surface area contributed by atoms with Crippen LogP contribution in [0.1, 0.15) is 33.1 Å². The molecular formula is C9H20N2OS. The summed E-state index contributed by atoms with van der Waals surface area (Å²) in [7, 11) is -0.739. The lowest BCUT2D eigenvalue weighted by Gasteiger charge is -2.05. The van der Waals surface area contributed by atoms with Crippen molar-refractivity contribution in [2.24, 2.45) is 10.7 Å². The molecule has 13 heavy (non-hydrogen) atoms. The second kappa shape index (κ2) is 7.06. The molecule has 0 fully saturated rings. The smallest absolute Gasteiger partial charge is 0.0936 e. The van der Waals surface area contributed by atoms with E-state index in [9.17, 15) is 4.21 Å². The first kappa shape index (κ1) is 12.6. The van der Waals surface area contributed by atoms with Crippen LogP contribution in [0.4, 0.5) is 0 Å². The van der Waals surface area contributed by atoms with Crippen molar-refractivity contribution < 1.29 is 4.21 Å². The molecule has 2 unspecified atom stereocenters. The molecule has 78 valence electrons. The zero-order valence-corrected chi connectivity index (χ0v) is 9.56. The number of hydrogen-bond acceptors (Lipinski definition) is 2. The Morgan fingerprint density at radius 3 is 2.69 bits per heavy atom. The summed E-state index contributed by atoms with van der Waals surface area (Å²) in [4.78, 5) is 4.20. The van der Waals surface area contributed by atoms with E-state index in [1.807, 2.05) is 6.92 Å².